The van der Waals surface area contributed by atoms with Crippen LogP contribution in [0.15, 0.2) is 36.9 Å². The molecule has 1 aromatic carbocycles. The van der Waals surface area contributed by atoms with E-state index in [1.165, 1.54) is 19.2 Å². The van der Waals surface area contributed by atoms with Gasteiger partial charge in [-0.1, -0.05) is 0 Å². The Kier molecular flexibility index (Phi) is 5.83. The summed E-state index contributed by atoms with van der Waals surface area (Å²) in [6.07, 6.45) is 7.58. The molecule has 0 saturated heterocycles. The van der Waals surface area contributed by atoms with Crippen LogP contribution in [0, 0.1) is 5.82 Å². The van der Waals surface area contributed by atoms with E-state index in [9.17, 15) is 9.18 Å². The van der Waals surface area contributed by atoms with E-state index < -0.39 is 11.8 Å². The zero-order valence-electron chi connectivity index (χ0n) is 15.5. The van der Waals surface area contributed by atoms with E-state index in [0.717, 1.165) is 17.8 Å². The van der Waals surface area contributed by atoms with Crippen LogP contribution in [0.3, 0.4) is 0 Å². The number of ether oxygens (including phenoxy) is 1. The Morgan fingerprint density at radius 2 is 2.00 bits per heavy atom. The molecular formula is C19H20FN5O3. The van der Waals surface area contributed by atoms with Crippen LogP contribution in [0.25, 0.3) is 0 Å². The maximum atomic E-state index is 14.4. The van der Waals surface area contributed by atoms with Crippen molar-refractivity contribution in [2.75, 3.05) is 12.4 Å². The monoisotopic (exact) mass is 385 g/mol. The molecule has 0 unspecified atom stereocenters. The van der Waals surface area contributed by atoms with Crippen LogP contribution in [0.4, 0.5) is 16.0 Å². The summed E-state index contributed by atoms with van der Waals surface area (Å²) in [4.78, 5) is 19.7. The first-order valence-corrected chi connectivity index (χ1v) is 8.70. The largest absolute Gasteiger partial charge is 0.494 e. The molecular weight excluding hydrogens is 365 g/mol. The second-order valence-electron chi connectivity index (χ2n) is 6.08. The summed E-state index contributed by atoms with van der Waals surface area (Å²) in [5, 5.41) is 16.4. The van der Waals surface area contributed by atoms with E-state index in [4.69, 9.17) is 9.84 Å². The minimum absolute atomic E-state index is 0.0170. The van der Waals surface area contributed by atoms with Crippen LogP contribution in [-0.4, -0.2) is 37.9 Å². The van der Waals surface area contributed by atoms with E-state index in [1.54, 1.807) is 23.3 Å². The number of rotatable bonds is 8. The van der Waals surface area contributed by atoms with Crippen LogP contribution in [0.5, 0.6) is 5.75 Å². The first-order valence-electron chi connectivity index (χ1n) is 8.70. The fourth-order valence-electron chi connectivity index (χ4n) is 2.67. The van der Waals surface area contributed by atoms with Gasteiger partial charge in [0.15, 0.2) is 11.6 Å². The third kappa shape index (κ3) is 4.43. The molecule has 0 bridgehead atoms. The van der Waals surface area contributed by atoms with E-state index >= 15 is 0 Å². The third-order valence-electron chi connectivity index (χ3n) is 4.18. The lowest BCUT2D eigenvalue weighted by Gasteiger charge is -2.09. The average molecular weight is 385 g/mol. The first-order chi connectivity index (χ1) is 13.5. The molecule has 0 amide bonds. The van der Waals surface area contributed by atoms with Crippen molar-refractivity contribution in [1.82, 2.24) is 19.7 Å². The number of aromatic nitrogens is 4. The van der Waals surface area contributed by atoms with Gasteiger partial charge in [0.25, 0.3) is 0 Å². The van der Waals surface area contributed by atoms with Crippen molar-refractivity contribution in [3.05, 3.63) is 59.4 Å². The van der Waals surface area contributed by atoms with Crippen LogP contribution >= 0.6 is 0 Å². The first kappa shape index (κ1) is 19.3. The highest BCUT2D eigenvalue weighted by Gasteiger charge is 2.15. The summed E-state index contributed by atoms with van der Waals surface area (Å²) in [5.74, 6) is -1.34. The maximum absolute atomic E-state index is 14.4. The molecule has 2 aromatic heterocycles. The zero-order chi connectivity index (χ0) is 20.1. The van der Waals surface area contributed by atoms with Crippen molar-refractivity contribution < 1.29 is 19.0 Å². The molecule has 0 aliphatic rings. The fraction of sp³-hybridized carbons (Fsp3) is 0.263. The van der Waals surface area contributed by atoms with Gasteiger partial charge in [-0.2, -0.15) is 5.10 Å². The minimum Gasteiger partial charge on any atom is -0.494 e. The molecule has 0 spiro atoms. The normalized spacial score (nSPS) is 10.7. The van der Waals surface area contributed by atoms with Crippen molar-refractivity contribution >= 4 is 17.6 Å². The summed E-state index contributed by atoms with van der Waals surface area (Å²) >= 11 is 0. The van der Waals surface area contributed by atoms with Gasteiger partial charge in [0.2, 0.25) is 5.95 Å². The highest BCUT2D eigenvalue weighted by Crippen LogP contribution is 2.24. The number of aryl methyl sites for hydroxylation is 3. The van der Waals surface area contributed by atoms with Crippen molar-refractivity contribution in [2.24, 2.45) is 0 Å². The Morgan fingerprint density at radius 1 is 1.25 bits per heavy atom. The molecule has 3 rings (SSSR count). The molecule has 2 N–H and O–H groups in total. The number of hydrogen-bond donors (Lipinski definition) is 2. The highest BCUT2D eigenvalue weighted by molar-refractivity contribution is 5.88. The van der Waals surface area contributed by atoms with Crippen molar-refractivity contribution in [1.29, 1.82) is 0 Å². The summed E-state index contributed by atoms with van der Waals surface area (Å²) in [6.45, 7) is 2.76. The van der Waals surface area contributed by atoms with Gasteiger partial charge in [0, 0.05) is 25.1 Å². The Bertz CT molecular complexity index is 972. The van der Waals surface area contributed by atoms with Crippen LogP contribution < -0.4 is 10.1 Å². The van der Waals surface area contributed by atoms with Crippen LogP contribution in [0.2, 0.25) is 0 Å². The predicted molar refractivity (Wildman–Crippen MR) is 101 cm³/mol. The Morgan fingerprint density at radius 3 is 2.61 bits per heavy atom. The van der Waals surface area contributed by atoms with E-state index in [0.29, 0.717) is 18.8 Å². The maximum Gasteiger partial charge on any atom is 0.335 e. The van der Waals surface area contributed by atoms with E-state index in [-0.39, 0.29) is 16.9 Å². The van der Waals surface area contributed by atoms with E-state index in [2.05, 4.69) is 20.4 Å². The minimum atomic E-state index is -1.13. The molecule has 0 radical (unpaired) electrons. The lowest BCUT2D eigenvalue weighted by atomic mass is 10.0. The van der Waals surface area contributed by atoms with Crippen molar-refractivity contribution in [2.45, 2.75) is 26.3 Å². The van der Waals surface area contributed by atoms with Gasteiger partial charge in [-0.15, -0.1) is 0 Å². The van der Waals surface area contributed by atoms with Gasteiger partial charge in [0.05, 0.1) is 24.6 Å². The second kappa shape index (κ2) is 8.47. The topological polar surface area (TPSA) is 102 Å². The number of nitrogens with one attached hydrogen (secondary N) is 1. The average Bonchev–Trinajstić information content (AvgIpc) is 3.15. The number of anilines is 2. The number of carboxylic acid groups (broad SMARTS) is 1. The third-order valence-corrected chi connectivity index (χ3v) is 4.18. The molecule has 28 heavy (non-hydrogen) atoms. The molecule has 0 aliphatic heterocycles. The summed E-state index contributed by atoms with van der Waals surface area (Å²) in [6, 6.07) is 2.49. The number of aromatic carboxylic acids is 1. The van der Waals surface area contributed by atoms with Gasteiger partial charge >= 0.3 is 5.97 Å². The number of methoxy groups -OCH3 is 1. The SMILES string of the molecule is CCn1cc(Nc2ncc(CCc3cc(C(=O)O)cc(OC)c3F)cn2)cn1. The van der Waals surface area contributed by atoms with Crippen LogP contribution in [-0.2, 0) is 19.4 Å². The van der Waals surface area contributed by atoms with Gasteiger partial charge in [-0.25, -0.2) is 19.2 Å². The van der Waals surface area contributed by atoms with Crippen molar-refractivity contribution in [3.8, 4) is 5.75 Å². The van der Waals surface area contributed by atoms with Crippen LogP contribution in [0.1, 0.15) is 28.4 Å². The van der Waals surface area contributed by atoms with E-state index in [1.807, 2.05) is 13.1 Å². The number of halogens is 1. The lowest BCUT2D eigenvalue weighted by Crippen LogP contribution is -2.04. The Labute approximate surface area is 161 Å². The quantitative estimate of drug-likeness (QED) is 0.614. The fourth-order valence-corrected chi connectivity index (χ4v) is 2.67. The van der Waals surface area contributed by atoms with Gasteiger partial charge in [-0.05, 0) is 43.0 Å². The molecule has 0 atom stereocenters. The number of carboxylic acids is 1. The molecule has 9 heteroatoms. The Hall–Kier alpha value is -3.49. The lowest BCUT2D eigenvalue weighted by molar-refractivity contribution is 0.0696. The smallest absolute Gasteiger partial charge is 0.335 e. The summed E-state index contributed by atoms with van der Waals surface area (Å²) in [5.41, 5.74) is 1.84. The second-order valence-corrected chi connectivity index (χ2v) is 6.08. The number of carbonyl (C=O) groups is 1. The molecule has 0 aliphatic carbocycles. The number of benzene rings is 1. The molecule has 3 aromatic rings. The van der Waals surface area contributed by atoms with Gasteiger partial charge in [0.1, 0.15) is 0 Å². The molecule has 0 fully saturated rings. The van der Waals surface area contributed by atoms with Gasteiger partial charge in [-0.3, -0.25) is 4.68 Å². The molecule has 146 valence electrons. The highest BCUT2D eigenvalue weighted by atomic mass is 19.1. The summed E-state index contributed by atoms with van der Waals surface area (Å²) < 4.78 is 21.1. The van der Waals surface area contributed by atoms with Gasteiger partial charge < -0.3 is 15.2 Å². The molecule has 2 heterocycles. The zero-order valence-corrected chi connectivity index (χ0v) is 15.5. The predicted octanol–water partition coefficient (Wildman–Crippen LogP) is 3.07. The standard InChI is InChI=1S/C19H20FN5O3/c1-3-25-11-15(10-23-25)24-19-21-8-12(9-22-19)4-5-13-6-14(18(26)27)7-16(28-2)17(13)20/h6-11H,3-5H2,1-2H3,(H,26,27)(H,21,22,24). The number of nitrogens with zero attached hydrogens (tertiary/aromatic N) is 4. The summed E-state index contributed by atoms with van der Waals surface area (Å²) in [7, 11) is 1.30. The Balaban J connectivity index is 1.68. The van der Waals surface area contributed by atoms with Crippen molar-refractivity contribution in [3.63, 3.8) is 0 Å². The molecule has 8 nitrogen and oxygen atoms in total. The number of hydrogen-bond acceptors (Lipinski definition) is 6. The molecule has 0 saturated carbocycles.